The van der Waals surface area contributed by atoms with Gasteiger partial charge in [0.15, 0.2) is 5.70 Å². The highest BCUT2D eigenvalue weighted by molar-refractivity contribution is 6.24. The Morgan fingerprint density at radius 2 is 1.71 bits per heavy atom. The van der Waals surface area contributed by atoms with Crippen molar-refractivity contribution in [3.63, 3.8) is 0 Å². The average molecular weight is 483 g/mol. The highest BCUT2D eigenvalue weighted by atomic mass is 16.6. The molecule has 1 saturated heterocycles. The standard InChI is InChI=1S/C24H29N5O4.C2H6/c1-32-18-8-6-17(7-9-18)29-15-13-28(14-16-29)12-4-11-26-21-22(27-33-2)24(31)20-19(23(21)30)5-3-10-25-20;1-2/h3,5-10,26-27H,4,11-16H2,1-2H3;1-2H3/p+1. The number of pyridine rings is 1. The van der Waals surface area contributed by atoms with Gasteiger partial charge in [0.25, 0.3) is 5.78 Å². The van der Waals surface area contributed by atoms with Gasteiger partial charge in [0.1, 0.15) is 11.4 Å². The van der Waals surface area contributed by atoms with Crippen molar-refractivity contribution >= 4 is 17.3 Å². The molecule has 4 rings (SSSR count). The number of carbonyl (C=O) groups is 2. The first kappa shape index (κ1) is 26.3. The van der Waals surface area contributed by atoms with Crippen molar-refractivity contribution in [3.8, 4) is 5.75 Å². The monoisotopic (exact) mass is 482 g/mol. The summed E-state index contributed by atoms with van der Waals surface area (Å²) in [5.41, 5.74) is 3.53. The molecule has 0 spiro atoms. The van der Waals surface area contributed by atoms with E-state index < -0.39 is 0 Å². The van der Waals surface area contributed by atoms with Crippen molar-refractivity contribution in [2.24, 2.45) is 0 Å². The second-order valence-corrected chi connectivity index (χ2v) is 8.01. The lowest BCUT2D eigenvalue weighted by Crippen LogP contribution is -2.83. The lowest BCUT2D eigenvalue weighted by molar-refractivity contribution is -0.850. The number of allylic oxidation sites excluding steroid dienone is 2. The minimum absolute atomic E-state index is 0.172. The molecular formula is C26H36N5O4+. The molecule has 2 aliphatic rings. The number of benzene rings is 1. The number of fused-ring (bicyclic) bond motifs is 1. The number of nitrogens with one attached hydrogen (secondary N) is 1. The van der Waals surface area contributed by atoms with E-state index in [2.05, 4.69) is 32.2 Å². The Balaban J connectivity index is 0.00000167. The molecule has 9 heteroatoms. The fourth-order valence-corrected chi connectivity index (χ4v) is 4.21. The van der Waals surface area contributed by atoms with E-state index >= 15 is 0 Å². The Morgan fingerprint density at radius 1 is 1.00 bits per heavy atom. The van der Waals surface area contributed by atoms with Gasteiger partial charge >= 0.3 is 0 Å². The van der Waals surface area contributed by atoms with Crippen LogP contribution in [0.2, 0.25) is 0 Å². The number of hydroxylamine groups is 1. The van der Waals surface area contributed by atoms with E-state index in [-0.39, 0.29) is 28.7 Å². The maximum atomic E-state index is 12.9. The molecule has 0 radical (unpaired) electrons. The van der Waals surface area contributed by atoms with Crippen LogP contribution in [0.15, 0.2) is 54.0 Å². The van der Waals surface area contributed by atoms with Crippen LogP contribution in [-0.2, 0) is 4.84 Å². The van der Waals surface area contributed by atoms with E-state index in [1.165, 1.54) is 24.5 Å². The van der Waals surface area contributed by atoms with Crippen molar-refractivity contribution in [2.45, 2.75) is 20.3 Å². The van der Waals surface area contributed by atoms with Gasteiger partial charge in [0, 0.05) is 44.6 Å². The van der Waals surface area contributed by atoms with Crippen molar-refractivity contribution < 1.29 is 24.6 Å². The van der Waals surface area contributed by atoms with Crippen LogP contribution < -0.4 is 20.4 Å². The summed E-state index contributed by atoms with van der Waals surface area (Å²) in [6.45, 7) is 9.40. The fraction of sp³-hybridized carbons (Fsp3) is 0.423. The Morgan fingerprint density at radius 3 is 2.37 bits per heavy atom. The molecule has 2 heterocycles. The van der Waals surface area contributed by atoms with Gasteiger partial charge in [-0.05, 0) is 49.4 Å². The number of carbonyl (C=O) groups excluding carboxylic acids is 2. The molecule has 35 heavy (non-hydrogen) atoms. The summed E-state index contributed by atoms with van der Waals surface area (Å²) in [5, 5.41) is 3.18. The summed E-state index contributed by atoms with van der Waals surface area (Å²) in [6.07, 6.45) is 2.37. The van der Waals surface area contributed by atoms with Crippen LogP contribution in [-0.4, -0.2) is 74.9 Å². The van der Waals surface area contributed by atoms with Crippen LogP contribution in [0.3, 0.4) is 0 Å². The fourth-order valence-electron chi connectivity index (χ4n) is 4.21. The minimum Gasteiger partial charge on any atom is -0.497 e. The number of ether oxygens (including phenoxy) is 1. The van der Waals surface area contributed by atoms with E-state index in [1.54, 1.807) is 19.2 Å². The number of hydrogen-bond donors (Lipinski definition) is 2. The predicted molar refractivity (Wildman–Crippen MR) is 134 cm³/mol. The summed E-state index contributed by atoms with van der Waals surface area (Å²) in [5.74, 6) is 0.336. The van der Waals surface area contributed by atoms with Crippen LogP contribution in [0.1, 0.15) is 41.1 Å². The SMILES string of the molecule is CC.CO[NH2+]C1=C(NCCCN2CCN(c3ccc(OC)cc3)CC2)C(=O)c2cccnc2C1=O. The maximum absolute atomic E-state index is 12.9. The maximum Gasteiger partial charge on any atom is 0.270 e. The third-order valence-corrected chi connectivity index (χ3v) is 6.01. The number of rotatable bonds is 9. The topological polar surface area (TPSA) is 101 Å². The summed E-state index contributed by atoms with van der Waals surface area (Å²) in [4.78, 5) is 39.7. The highest BCUT2D eigenvalue weighted by Crippen LogP contribution is 2.21. The summed E-state index contributed by atoms with van der Waals surface area (Å²) in [7, 11) is 3.13. The predicted octanol–water partition coefficient (Wildman–Crippen LogP) is 1.63. The molecule has 1 fully saturated rings. The van der Waals surface area contributed by atoms with Crippen LogP contribution in [0.25, 0.3) is 0 Å². The zero-order chi connectivity index (χ0) is 25.2. The van der Waals surface area contributed by atoms with Crippen LogP contribution >= 0.6 is 0 Å². The lowest BCUT2D eigenvalue weighted by Gasteiger charge is -2.36. The van der Waals surface area contributed by atoms with E-state index in [4.69, 9.17) is 9.57 Å². The zero-order valence-electron chi connectivity index (χ0n) is 21.0. The Kier molecular flexibility index (Phi) is 9.77. The molecule has 9 nitrogen and oxygen atoms in total. The second-order valence-electron chi connectivity index (χ2n) is 8.01. The number of nitrogens with two attached hydrogens (primary N) is 1. The number of nitrogens with zero attached hydrogens (tertiary/aromatic N) is 3. The number of Topliss-reactive ketones (excluding diaryl/α,β-unsaturated/α-hetero) is 2. The quantitative estimate of drug-likeness (QED) is 0.411. The van der Waals surface area contributed by atoms with Gasteiger partial charge in [-0.2, -0.15) is 5.48 Å². The number of piperazine rings is 1. The molecule has 0 atom stereocenters. The molecule has 0 amide bonds. The van der Waals surface area contributed by atoms with Gasteiger partial charge in [0.2, 0.25) is 11.5 Å². The number of ketones is 2. The third-order valence-electron chi connectivity index (χ3n) is 6.01. The molecule has 1 aromatic carbocycles. The Labute approximate surface area is 207 Å². The van der Waals surface area contributed by atoms with E-state index in [1.807, 2.05) is 26.0 Å². The molecule has 188 valence electrons. The van der Waals surface area contributed by atoms with Gasteiger partial charge < -0.3 is 15.0 Å². The third kappa shape index (κ3) is 6.25. The van der Waals surface area contributed by atoms with Gasteiger partial charge in [-0.3, -0.25) is 19.5 Å². The Bertz CT molecular complexity index is 1030. The van der Waals surface area contributed by atoms with Crippen molar-refractivity contribution in [1.29, 1.82) is 0 Å². The number of anilines is 1. The second kappa shape index (κ2) is 13.0. The highest BCUT2D eigenvalue weighted by Gasteiger charge is 2.36. The first-order valence-electron chi connectivity index (χ1n) is 12.1. The number of quaternary nitrogens is 1. The van der Waals surface area contributed by atoms with Gasteiger partial charge in [-0.25, -0.2) is 4.84 Å². The molecule has 1 aromatic heterocycles. The molecule has 1 aliphatic carbocycles. The number of hydrogen-bond acceptors (Lipinski definition) is 8. The number of aromatic nitrogens is 1. The van der Waals surface area contributed by atoms with E-state index in [0.717, 1.165) is 44.9 Å². The molecule has 3 N–H and O–H groups in total. The largest absolute Gasteiger partial charge is 0.497 e. The molecule has 0 unspecified atom stereocenters. The van der Waals surface area contributed by atoms with Crippen molar-refractivity contribution in [1.82, 2.24) is 15.2 Å². The average Bonchev–Trinajstić information content (AvgIpc) is 2.92. The normalized spacial score (nSPS) is 15.9. The van der Waals surface area contributed by atoms with Crippen molar-refractivity contribution in [3.05, 3.63) is 65.2 Å². The lowest BCUT2D eigenvalue weighted by atomic mass is 9.94. The summed E-state index contributed by atoms with van der Waals surface area (Å²) in [6, 6.07) is 11.5. The Hall–Kier alpha value is -3.27. The van der Waals surface area contributed by atoms with Crippen molar-refractivity contribution in [2.75, 3.05) is 58.4 Å². The zero-order valence-corrected chi connectivity index (χ0v) is 21.0. The van der Waals surface area contributed by atoms with E-state index in [0.29, 0.717) is 12.1 Å². The number of methoxy groups -OCH3 is 1. The summed E-state index contributed by atoms with van der Waals surface area (Å²) < 4.78 is 5.23. The van der Waals surface area contributed by atoms with Crippen LogP contribution in [0.5, 0.6) is 5.75 Å². The van der Waals surface area contributed by atoms with E-state index in [9.17, 15) is 9.59 Å². The molecular weight excluding hydrogens is 446 g/mol. The first-order chi connectivity index (χ1) is 17.1. The molecule has 0 bridgehead atoms. The first-order valence-corrected chi connectivity index (χ1v) is 12.1. The summed E-state index contributed by atoms with van der Waals surface area (Å²) >= 11 is 0. The smallest absolute Gasteiger partial charge is 0.270 e. The molecule has 2 aromatic rings. The van der Waals surface area contributed by atoms with Crippen LogP contribution in [0, 0.1) is 0 Å². The van der Waals surface area contributed by atoms with Gasteiger partial charge in [0.05, 0.1) is 19.8 Å². The van der Waals surface area contributed by atoms with Gasteiger partial charge in [-0.15, -0.1) is 0 Å². The molecule has 0 saturated carbocycles. The minimum atomic E-state index is -0.302. The van der Waals surface area contributed by atoms with Crippen LogP contribution in [0.4, 0.5) is 5.69 Å². The van der Waals surface area contributed by atoms with Gasteiger partial charge in [-0.1, -0.05) is 13.8 Å². The molecule has 1 aliphatic heterocycles.